The van der Waals surface area contributed by atoms with Gasteiger partial charge in [0.05, 0.1) is 20.5 Å². The van der Waals surface area contributed by atoms with Gasteiger partial charge in [0.15, 0.2) is 0 Å². The number of hydrogen-bond donors (Lipinski definition) is 2. The van der Waals surface area contributed by atoms with Gasteiger partial charge >= 0.3 is 17.4 Å². The molecular formula is C19H14F7N3O6S2. The summed E-state index contributed by atoms with van der Waals surface area (Å²) in [5.74, 6) is -8.71. The highest BCUT2D eigenvalue weighted by Crippen LogP contribution is 2.51. The second-order valence-electron chi connectivity index (χ2n) is 7.08. The Balaban J connectivity index is 2.28. The molecule has 0 aliphatic carbocycles. The number of benzene rings is 2. The summed E-state index contributed by atoms with van der Waals surface area (Å²) >= 11 is 0.420. The van der Waals surface area contributed by atoms with Crippen LogP contribution in [0.2, 0.25) is 0 Å². The number of nitro groups is 1. The Morgan fingerprint density at radius 2 is 1.54 bits per heavy atom. The number of amides is 2. The number of carbonyl (C=O) groups excluding carboxylic acids is 2. The summed E-state index contributed by atoms with van der Waals surface area (Å²) in [5.41, 5.74) is -0.698. The van der Waals surface area contributed by atoms with Crippen molar-refractivity contribution in [2.75, 3.05) is 16.4 Å². The van der Waals surface area contributed by atoms with Crippen LogP contribution in [0.15, 0.2) is 52.3 Å². The molecule has 0 unspecified atom stereocenters. The van der Waals surface area contributed by atoms with Gasteiger partial charge in [0.1, 0.15) is 0 Å². The summed E-state index contributed by atoms with van der Waals surface area (Å²) < 4.78 is 115. The maximum Gasteiger partial charge on any atom is 0.461 e. The third kappa shape index (κ3) is 6.30. The van der Waals surface area contributed by atoms with Crippen LogP contribution in [-0.2, 0) is 19.4 Å². The second-order valence-corrected chi connectivity index (χ2v) is 10.1. The summed E-state index contributed by atoms with van der Waals surface area (Å²) in [6.45, 7) is 1.24. The Kier molecular flexibility index (Phi) is 8.48. The largest absolute Gasteiger partial charge is 0.461 e. The van der Waals surface area contributed by atoms with Gasteiger partial charge in [-0.15, -0.1) is 11.8 Å². The van der Waals surface area contributed by atoms with Crippen molar-refractivity contribution >= 4 is 50.5 Å². The SMILES string of the molecule is CC(=O)Nc1cccc(NC(=O)CSc2ccc(S(=O)(=O)C(F)(F)C(F)(F)C(F)(F)F)cc2[N+](=O)[O-])c1. The molecule has 18 heteroatoms. The Hall–Kier alpha value is -3.41. The highest BCUT2D eigenvalue weighted by atomic mass is 32.2. The molecular weight excluding hydrogens is 563 g/mol. The highest BCUT2D eigenvalue weighted by molar-refractivity contribution is 8.00. The Morgan fingerprint density at radius 1 is 0.973 bits per heavy atom. The van der Waals surface area contributed by atoms with E-state index in [1.165, 1.54) is 31.2 Å². The number of rotatable bonds is 9. The van der Waals surface area contributed by atoms with Crippen molar-refractivity contribution < 1.29 is 53.7 Å². The van der Waals surface area contributed by atoms with Gasteiger partial charge in [-0.1, -0.05) is 6.07 Å². The number of halogens is 7. The van der Waals surface area contributed by atoms with Gasteiger partial charge in [-0.3, -0.25) is 19.7 Å². The van der Waals surface area contributed by atoms with E-state index in [0.717, 1.165) is 0 Å². The summed E-state index contributed by atoms with van der Waals surface area (Å²) in [7, 11) is -6.76. The molecule has 0 heterocycles. The zero-order chi connectivity index (χ0) is 28.4. The number of hydrogen-bond acceptors (Lipinski definition) is 7. The topological polar surface area (TPSA) is 135 Å². The maximum atomic E-state index is 13.8. The molecule has 0 aliphatic rings. The summed E-state index contributed by atoms with van der Waals surface area (Å²) in [5, 5.41) is 9.48. The average Bonchev–Trinajstić information content (AvgIpc) is 2.76. The standard InChI is InChI=1S/C19H14F7N3O6S2/c1-10(30)27-11-3-2-4-12(7-11)28-16(31)9-36-15-6-5-13(8-14(15)29(32)33)37(34,35)19(25,26)17(20,21)18(22,23)24/h2-8H,9H2,1H3,(H,27,30)(H,28,31). The first-order valence-electron chi connectivity index (χ1n) is 9.47. The minimum Gasteiger partial charge on any atom is -0.326 e. The fourth-order valence-electron chi connectivity index (χ4n) is 2.63. The van der Waals surface area contributed by atoms with E-state index in [0.29, 0.717) is 23.5 Å². The van der Waals surface area contributed by atoms with E-state index < -0.39 is 65.2 Å². The van der Waals surface area contributed by atoms with E-state index in [1.807, 2.05) is 0 Å². The smallest absolute Gasteiger partial charge is 0.326 e. The number of alkyl halides is 7. The quantitative estimate of drug-likeness (QED) is 0.188. The fraction of sp³-hybridized carbons (Fsp3) is 0.263. The van der Waals surface area contributed by atoms with Crippen molar-refractivity contribution in [3.05, 3.63) is 52.6 Å². The molecule has 0 bridgehead atoms. The fourth-order valence-corrected chi connectivity index (χ4v) is 4.70. The molecule has 2 aromatic carbocycles. The molecule has 0 atom stereocenters. The van der Waals surface area contributed by atoms with Gasteiger partial charge in [-0.05, 0) is 30.3 Å². The number of nitrogens with zero attached hydrogens (tertiary/aromatic N) is 1. The molecule has 2 aromatic rings. The van der Waals surface area contributed by atoms with Crippen molar-refractivity contribution in [3.63, 3.8) is 0 Å². The first kappa shape index (κ1) is 29.8. The predicted octanol–water partition coefficient (Wildman–Crippen LogP) is 4.85. The monoisotopic (exact) mass is 577 g/mol. The molecule has 37 heavy (non-hydrogen) atoms. The molecule has 0 spiro atoms. The van der Waals surface area contributed by atoms with E-state index in [4.69, 9.17) is 0 Å². The Morgan fingerprint density at radius 3 is 2.05 bits per heavy atom. The third-order valence-electron chi connectivity index (χ3n) is 4.32. The van der Waals surface area contributed by atoms with Crippen molar-refractivity contribution in [2.45, 2.75) is 34.1 Å². The van der Waals surface area contributed by atoms with Crippen LogP contribution in [0.25, 0.3) is 0 Å². The third-order valence-corrected chi connectivity index (χ3v) is 7.19. The van der Waals surface area contributed by atoms with E-state index in [-0.39, 0.29) is 17.8 Å². The van der Waals surface area contributed by atoms with E-state index in [2.05, 4.69) is 10.6 Å². The lowest BCUT2D eigenvalue weighted by molar-refractivity contribution is -0.388. The highest BCUT2D eigenvalue weighted by Gasteiger charge is 2.78. The summed E-state index contributed by atoms with van der Waals surface area (Å²) in [6.07, 6.45) is -6.94. The van der Waals surface area contributed by atoms with Crippen LogP contribution >= 0.6 is 11.8 Å². The molecule has 202 valence electrons. The molecule has 2 amide bonds. The molecule has 0 fully saturated rings. The number of nitrogens with one attached hydrogen (secondary N) is 2. The van der Waals surface area contributed by atoms with Crippen LogP contribution < -0.4 is 10.6 Å². The molecule has 0 radical (unpaired) electrons. The lowest BCUT2D eigenvalue weighted by atomic mass is 10.2. The van der Waals surface area contributed by atoms with Gasteiger partial charge in [0.25, 0.3) is 15.5 Å². The zero-order valence-electron chi connectivity index (χ0n) is 18.1. The number of anilines is 2. The normalized spacial score (nSPS) is 12.6. The number of thioether (sulfide) groups is 1. The number of nitro benzene ring substituents is 1. The molecule has 0 saturated carbocycles. The molecule has 0 aromatic heterocycles. The number of carbonyl (C=O) groups is 2. The lowest BCUT2D eigenvalue weighted by Gasteiger charge is -2.27. The minimum atomic E-state index is -7.00. The van der Waals surface area contributed by atoms with Crippen molar-refractivity contribution in [2.24, 2.45) is 0 Å². The first-order chi connectivity index (χ1) is 16.8. The Labute approximate surface area is 207 Å². The van der Waals surface area contributed by atoms with Crippen molar-refractivity contribution in [1.82, 2.24) is 0 Å². The van der Waals surface area contributed by atoms with Gasteiger partial charge in [-0.25, -0.2) is 8.42 Å². The van der Waals surface area contributed by atoms with Crippen molar-refractivity contribution in [3.8, 4) is 0 Å². The van der Waals surface area contributed by atoms with Crippen LogP contribution in [0.4, 0.5) is 47.8 Å². The predicted molar refractivity (Wildman–Crippen MR) is 116 cm³/mol. The summed E-state index contributed by atoms with van der Waals surface area (Å²) in [4.78, 5) is 31.0. The van der Waals surface area contributed by atoms with Gasteiger partial charge in [0.2, 0.25) is 11.8 Å². The molecule has 0 saturated heterocycles. The van der Waals surface area contributed by atoms with Crippen molar-refractivity contribution in [1.29, 1.82) is 0 Å². The second kappa shape index (κ2) is 10.5. The van der Waals surface area contributed by atoms with Crippen LogP contribution in [0.3, 0.4) is 0 Å². The van der Waals surface area contributed by atoms with Crippen LogP contribution in [0.5, 0.6) is 0 Å². The van der Waals surface area contributed by atoms with E-state index in [9.17, 15) is 58.9 Å². The lowest BCUT2D eigenvalue weighted by Crippen LogP contribution is -2.55. The zero-order valence-corrected chi connectivity index (χ0v) is 19.7. The summed E-state index contributed by atoms with van der Waals surface area (Å²) in [6, 6.07) is 6.40. The first-order valence-corrected chi connectivity index (χ1v) is 11.9. The number of sulfone groups is 1. The van der Waals surface area contributed by atoms with Gasteiger partial charge in [-0.2, -0.15) is 30.7 Å². The van der Waals surface area contributed by atoms with Crippen LogP contribution in [0.1, 0.15) is 6.92 Å². The Bertz CT molecular complexity index is 1330. The van der Waals surface area contributed by atoms with E-state index in [1.54, 1.807) is 0 Å². The van der Waals surface area contributed by atoms with Gasteiger partial charge < -0.3 is 10.6 Å². The molecule has 2 rings (SSSR count). The molecule has 0 aliphatic heterocycles. The van der Waals surface area contributed by atoms with Crippen LogP contribution in [-0.4, -0.2) is 48.3 Å². The minimum absolute atomic E-state index is 0.104. The van der Waals surface area contributed by atoms with E-state index >= 15 is 0 Å². The van der Waals surface area contributed by atoms with Crippen LogP contribution in [0, 0.1) is 10.1 Å². The molecule has 9 nitrogen and oxygen atoms in total. The molecule has 2 N–H and O–H groups in total. The average molecular weight is 577 g/mol. The maximum absolute atomic E-state index is 13.8. The van der Waals surface area contributed by atoms with Gasteiger partial charge in [0, 0.05) is 24.4 Å².